The first-order valence-corrected chi connectivity index (χ1v) is 12.2. The van der Waals surface area contributed by atoms with Crippen LogP contribution in [0.1, 0.15) is 62.6 Å². The molecule has 0 fully saturated rings. The van der Waals surface area contributed by atoms with E-state index >= 15 is 0 Å². The largest absolute Gasteiger partial charge is 0.462 e. The number of ether oxygens (including phenoxy) is 2. The number of hydrogen-bond donors (Lipinski definition) is 1. The van der Waals surface area contributed by atoms with E-state index in [0.717, 1.165) is 17.5 Å². The topological polar surface area (TPSA) is 72.8 Å². The number of rotatable bonds is 13. The van der Waals surface area contributed by atoms with Gasteiger partial charge in [0.2, 0.25) is 0 Å². The summed E-state index contributed by atoms with van der Waals surface area (Å²) in [5.74, 6) is -1.55. The Kier molecular flexibility index (Phi) is 10.9. The molecule has 0 aliphatic heterocycles. The van der Waals surface area contributed by atoms with E-state index in [4.69, 9.17) is 9.47 Å². The Bertz CT molecular complexity index is 1030. The molecule has 0 saturated heterocycles. The van der Waals surface area contributed by atoms with Gasteiger partial charge in [-0.05, 0) is 61.4 Å². The number of esters is 2. The van der Waals surface area contributed by atoms with Crippen molar-refractivity contribution < 1.29 is 24.2 Å². The van der Waals surface area contributed by atoms with Crippen molar-refractivity contribution in [3.05, 3.63) is 83.5 Å². The summed E-state index contributed by atoms with van der Waals surface area (Å²) >= 11 is 0. The third-order valence-electron chi connectivity index (χ3n) is 6.00. The van der Waals surface area contributed by atoms with Crippen LogP contribution < -0.4 is 0 Å². The molecule has 0 saturated carbocycles. The van der Waals surface area contributed by atoms with Crippen LogP contribution in [0.5, 0.6) is 0 Å². The molecule has 2 rings (SSSR count). The fourth-order valence-electron chi connectivity index (χ4n) is 3.70. The van der Waals surface area contributed by atoms with Crippen LogP contribution in [0.25, 0.3) is 11.1 Å². The van der Waals surface area contributed by atoms with Crippen molar-refractivity contribution in [1.29, 1.82) is 0 Å². The van der Waals surface area contributed by atoms with Gasteiger partial charge >= 0.3 is 11.9 Å². The molecule has 2 atom stereocenters. The van der Waals surface area contributed by atoms with Crippen LogP contribution in [-0.2, 0) is 25.5 Å². The van der Waals surface area contributed by atoms with Crippen molar-refractivity contribution in [3.8, 4) is 11.1 Å². The Morgan fingerprint density at radius 2 is 1.60 bits per heavy atom. The maximum atomic E-state index is 12.2. The highest BCUT2D eigenvalue weighted by Gasteiger charge is 2.20. The predicted octanol–water partition coefficient (Wildman–Crippen LogP) is 6.08. The average Bonchev–Trinajstić information content (AvgIpc) is 2.83. The van der Waals surface area contributed by atoms with Gasteiger partial charge in [0.15, 0.2) is 0 Å². The molecule has 1 N–H and O–H groups in total. The summed E-state index contributed by atoms with van der Waals surface area (Å²) in [4.78, 5) is 24.1. The molecule has 0 amide bonds. The first-order valence-electron chi connectivity index (χ1n) is 12.2. The lowest BCUT2D eigenvalue weighted by atomic mass is 9.94. The number of carbonyl (C=O) groups is 2. The zero-order valence-corrected chi connectivity index (χ0v) is 21.4. The lowest BCUT2D eigenvalue weighted by Gasteiger charge is -2.19. The third kappa shape index (κ3) is 8.52. The molecule has 0 spiro atoms. The molecule has 5 nitrogen and oxygen atoms in total. The molecule has 0 aliphatic carbocycles. The summed E-state index contributed by atoms with van der Waals surface area (Å²) in [7, 11) is 0. The van der Waals surface area contributed by atoms with Gasteiger partial charge in [0.25, 0.3) is 0 Å². The number of unbranched alkanes of at least 4 members (excludes halogenated alkanes) is 2. The molecular weight excluding hydrogens is 440 g/mol. The van der Waals surface area contributed by atoms with E-state index in [2.05, 4.69) is 45.2 Å². The second-order valence-corrected chi connectivity index (χ2v) is 9.10. The van der Waals surface area contributed by atoms with E-state index in [1.807, 2.05) is 24.3 Å². The molecule has 188 valence electrons. The fourth-order valence-corrected chi connectivity index (χ4v) is 3.70. The summed E-state index contributed by atoms with van der Waals surface area (Å²) < 4.78 is 10.7. The van der Waals surface area contributed by atoms with Crippen molar-refractivity contribution in [2.24, 2.45) is 0 Å². The smallest absolute Gasteiger partial charge is 0.336 e. The Labute approximate surface area is 209 Å². The minimum atomic E-state index is -0.997. The van der Waals surface area contributed by atoms with Gasteiger partial charge in [0.1, 0.15) is 13.2 Å². The summed E-state index contributed by atoms with van der Waals surface area (Å²) in [6, 6.07) is 14.6. The Morgan fingerprint density at radius 1 is 0.971 bits per heavy atom. The molecule has 2 unspecified atom stereocenters. The number of aryl methyl sites for hydroxylation is 2. The van der Waals surface area contributed by atoms with Crippen LogP contribution in [0, 0.1) is 6.92 Å². The van der Waals surface area contributed by atoms with Gasteiger partial charge in [0.05, 0.1) is 17.6 Å². The first-order chi connectivity index (χ1) is 16.6. The normalized spacial score (nSPS) is 12.5. The maximum absolute atomic E-state index is 12.2. The number of hydrogen-bond acceptors (Lipinski definition) is 5. The fraction of sp³-hybridized carbons (Fsp3) is 0.400. The van der Waals surface area contributed by atoms with Crippen molar-refractivity contribution in [2.45, 2.75) is 65.4 Å². The second-order valence-electron chi connectivity index (χ2n) is 9.10. The van der Waals surface area contributed by atoms with E-state index < -0.39 is 18.0 Å². The Morgan fingerprint density at radius 3 is 2.14 bits per heavy atom. The molecule has 5 heteroatoms. The van der Waals surface area contributed by atoms with Crippen LogP contribution in [0.2, 0.25) is 0 Å². The van der Waals surface area contributed by atoms with Crippen LogP contribution in [0.4, 0.5) is 0 Å². The summed E-state index contributed by atoms with van der Waals surface area (Å²) in [5, 5.41) is 9.56. The van der Waals surface area contributed by atoms with Crippen molar-refractivity contribution in [1.82, 2.24) is 0 Å². The van der Waals surface area contributed by atoms with Gasteiger partial charge in [0, 0.05) is 5.57 Å². The molecule has 35 heavy (non-hydrogen) atoms. The molecular formula is C30H38O5. The zero-order chi connectivity index (χ0) is 26.0. The second kappa shape index (κ2) is 13.6. The van der Waals surface area contributed by atoms with E-state index in [1.165, 1.54) is 42.9 Å². The van der Waals surface area contributed by atoms with Crippen LogP contribution in [0.3, 0.4) is 0 Å². The van der Waals surface area contributed by atoms with Gasteiger partial charge in [-0.2, -0.15) is 0 Å². The minimum Gasteiger partial charge on any atom is -0.462 e. The zero-order valence-electron chi connectivity index (χ0n) is 21.4. The molecule has 0 aliphatic rings. The van der Waals surface area contributed by atoms with Gasteiger partial charge in [-0.3, -0.25) is 0 Å². The predicted molar refractivity (Wildman–Crippen MR) is 140 cm³/mol. The SMILES string of the molecule is C=C(C)C(=O)OCC(COC(=O)C(=C)C(C)O)c1ccc(-c2ccc(CCCCC)cc2C)cc1. The van der Waals surface area contributed by atoms with E-state index in [0.29, 0.717) is 5.57 Å². The standard InChI is InChI=1S/C30H38O5/c1-7-8-9-10-24-11-16-28(21(4)17-24)26-14-12-25(13-15-26)27(18-34-29(32)20(2)3)19-35-30(33)22(5)23(6)31/h11-17,23,27,31H,2,5,7-10,18-19H2,1,3-4,6H3. The van der Waals surface area contributed by atoms with Crippen molar-refractivity contribution in [3.63, 3.8) is 0 Å². The third-order valence-corrected chi connectivity index (χ3v) is 6.00. The highest BCUT2D eigenvalue weighted by molar-refractivity contribution is 5.88. The number of carbonyl (C=O) groups excluding carboxylic acids is 2. The molecule has 2 aromatic carbocycles. The van der Waals surface area contributed by atoms with Crippen LogP contribution >= 0.6 is 0 Å². The van der Waals surface area contributed by atoms with Gasteiger partial charge in [-0.1, -0.05) is 75.4 Å². The Balaban J connectivity index is 2.18. The van der Waals surface area contributed by atoms with E-state index in [-0.39, 0.29) is 24.7 Å². The van der Waals surface area contributed by atoms with Crippen LogP contribution in [-0.4, -0.2) is 36.4 Å². The number of aliphatic hydroxyl groups is 1. The minimum absolute atomic E-state index is 0.0150. The monoisotopic (exact) mass is 478 g/mol. The average molecular weight is 479 g/mol. The molecule has 0 bridgehead atoms. The van der Waals surface area contributed by atoms with Gasteiger partial charge in [-0.25, -0.2) is 9.59 Å². The van der Waals surface area contributed by atoms with Crippen molar-refractivity contribution >= 4 is 11.9 Å². The lowest BCUT2D eigenvalue weighted by molar-refractivity contribution is -0.143. The molecule has 0 aromatic heterocycles. The van der Waals surface area contributed by atoms with Crippen molar-refractivity contribution in [2.75, 3.05) is 13.2 Å². The molecule has 0 heterocycles. The van der Waals surface area contributed by atoms with Gasteiger partial charge in [-0.15, -0.1) is 0 Å². The molecule has 0 radical (unpaired) electrons. The maximum Gasteiger partial charge on any atom is 0.336 e. The lowest BCUT2D eigenvalue weighted by Crippen LogP contribution is -2.22. The highest BCUT2D eigenvalue weighted by Crippen LogP contribution is 2.27. The number of benzene rings is 2. The summed E-state index contributed by atoms with van der Waals surface area (Å²) in [6.45, 7) is 14.6. The van der Waals surface area contributed by atoms with E-state index in [9.17, 15) is 14.7 Å². The number of aliphatic hydroxyl groups excluding tert-OH is 1. The summed E-state index contributed by atoms with van der Waals surface area (Å²) in [5.41, 5.74) is 5.98. The quantitative estimate of drug-likeness (QED) is 0.215. The van der Waals surface area contributed by atoms with Crippen LogP contribution in [0.15, 0.2) is 66.8 Å². The van der Waals surface area contributed by atoms with E-state index in [1.54, 1.807) is 6.92 Å². The Hall–Kier alpha value is -3.18. The molecule has 2 aromatic rings. The highest BCUT2D eigenvalue weighted by atomic mass is 16.5. The van der Waals surface area contributed by atoms with Gasteiger partial charge < -0.3 is 14.6 Å². The first kappa shape index (κ1) is 28.1. The summed E-state index contributed by atoms with van der Waals surface area (Å²) in [6.07, 6.45) is 3.76.